The molecule has 0 saturated heterocycles. The van der Waals surface area contributed by atoms with Gasteiger partial charge in [0.25, 0.3) is 5.56 Å². The molecule has 0 fully saturated rings. The fraction of sp³-hybridized carbons (Fsp3) is 0.238. The highest BCUT2D eigenvalue weighted by molar-refractivity contribution is 5.62. The minimum Gasteiger partial charge on any atom is -0.492 e. The molecular formula is C21H24N4O3. The van der Waals surface area contributed by atoms with Crippen molar-refractivity contribution >= 4 is 11.5 Å². The maximum absolute atomic E-state index is 12.5. The van der Waals surface area contributed by atoms with Gasteiger partial charge in [-0.15, -0.1) is 0 Å². The van der Waals surface area contributed by atoms with Gasteiger partial charge in [-0.25, -0.2) is 4.79 Å². The molecule has 0 saturated carbocycles. The number of rotatable bonds is 8. The summed E-state index contributed by atoms with van der Waals surface area (Å²) < 4.78 is 7.11. The minimum atomic E-state index is -0.522. The molecule has 0 aliphatic carbocycles. The van der Waals surface area contributed by atoms with E-state index in [0.717, 1.165) is 11.3 Å². The predicted octanol–water partition coefficient (Wildman–Crippen LogP) is 2.07. The lowest BCUT2D eigenvalue weighted by Crippen LogP contribution is -2.40. The molecule has 0 unspecified atom stereocenters. The average molecular weight is 380 g/mol. The number of hydrogen-bond donors (Lipinski definition) is 2. The van der Waals surface area contributed by atoms with Crippen LogP contribution < -0.4 is 26.6 Å². The van der Waals surface area contributed by atoms with Crippen molar-refractivity contribution in [2.45, 2.75) is 13.5 Å². The van der Waals surface area contributed by atoms with Gasteiger partial charge in [-0.05, 0) is 24.6 Å². The highest BCUT2D eigenvalue weighted by Crippen LogP contribution is 2.17. The second-order valence-electron chi connectivity index (χ2n) is 6.31. The topological polar surface area (TPSA) is 93.3 Å². The van der Waals surface area contributed by atoms with Gasteiger partial charge in [0.1, 0.15) is 23.9 Å². The normalized spacial score (nSPS) is 10.6. The Hall–Kier alpha value is -3.48. The standard InChI is InChI=1S/C21H24N4O3/c1-2-24(13-14-28-17-11-7-4-8-12-17)18-19(22)25(21(27)23-20(18)26)15-16-9-5-3-6-10-16/h3-12H,2,13-15,22H2,1H3,(H,23,26,27). The molecule has 3 rings (SSSR count). The number of nitrogen functional groups attached to an aromatic ring is 1. The summed E-state index contributed by atoms with van der Waals surface area (Å²) in [5.41, 5.74) is 6.45. The first-order chi connectivity index (χ1) is 13.6. The van der Waals surface area contributed by atoms with Crippen molar-refractivity contribution in [3.63, 3.8) is 0 Å². The Bertz CT molecular complexity index is 1010. The van der Waals surface area contributed by atoms with Crippen LogP contribution in [-0.4, -0.2) is 29.2 Å². The number of H-pyrrole nitrogens is 1. The van der Waals surface area contributed by atoms with Crippen LogP contribution in [0.4, 0.5) is 11.5 Å². The van der Waals surface area contributed by atoms with Crippen LogP contribution in [0, 0.1) is 0 Å². The summed E-state index contributed by atoms with van der Waals surface area (Å²) in [4.78, 5) is 29.0. The Morgan fingerprint density at radius 1 is 1.04 bits per heavy atom. The average Bonchev–Trinajstić information content (AvgIpc) is 2.71. The van der Waals surface area contributed by atoms with Crippen LogP contribution in [0.1, 0.15) is 12.5 Å². The lowest BCUT2D eigenvalue weighted by molar-refractivity contribution is 0.324. The summed E-state index contributed by atoms with van der Waals surface area (Å²) in [6.07, 6.45) is 0. The number of hydrogen-bond acceptors (Lipinski definition) is 5. The zero-order valence-corrected chi connectivity index (χ0v) is 15.8. The maximum atomic E-state index is 12.5. The van der Waals surface area contributed by atoms with Crippen LogP contribution in [0.2, 0.25) is 0 Å². The molecule has 1 heterocycles. The summed E-state index contributed by atoms with van der Waals surface area (Å²) in [5.74, 6) is 0.911. The van der Waals surface area contributed by atoms with Crippen molar-refractivity contribution in [3.05, 3.63) is 87.1 Å². The molecule has 3 N–H and O–H groups in total. The number of likely N-dealkylation sites (N-methyl/N-ethyl adjacent to an activating group) is 1. The van der Waals surface area contributed by atoms with Gasteiger partial charge in [-0.2, -0.15) is 0 Å². The lowest BCUT2D eigenvalue weighted by Gasteiger charge is -2.24. The third kappa shape index (κ3) is 4.43. The van der Waals surface area contributed by atoms with Crippen molar-refractivity contribution in [1.29, 1.82) is 0 Å². The van der Waals surface area contributed by atoms with Gasteiger partial charge >= 0.3 is 5.69 Å². The third-order valence-corrected chi connectivity index (χ3v) is 4.47. The quantitative estimate of drug-likeness (QED) is 0.624. The number of para-hydroxylation sites is 1. The fourth-order valence-corrected chi connectivity index (χ4v) is 3.02. The Morgan fingerprint density at radius 3 is 2.32 bits per heavy atom. The van der Waals surface area contributed by atoms with E-state index in [-0.39, 0.29) is 18.1 Å². The van der Waals surface area contributed by atoms with Gasteiger partial charge in [-0.3, -0.25) is 14.3 Å². The minimum absolute atomic E-state index is 0.152. The third-order valence-electron chi connectivity index (χ3n) is 4.47. The molecule has 0 spiro atoms. The molecule has 0 aliphatic rings. The SMILES string of the molecule is CCN(CCOc1ccccc1)c1c(N)n(Cc2ccccc2)c(=O)[nH]c1=O. The molecule has 1 aromatic heterocycles. The largest absolute Gasteiger partial charge is 0.492 e. The molecule has 0 bridgehead atoms. The number of aromatic nitrogens is 2. The Kier molecular flexibility index (Phi) is 6.16. The summed E-state index contributed by atoms with van der Waals surface area (Å²) in [6, 6.07) is 19.0. The van der Waals surface area contributed by atoms with E-state index in [4.69, 9.17) is 10.5 Å². The molecule has 0 radical (unpaired) electrons. The van der Waals surface area contributed by atoms with Gasteiger partial charge in [0.05, 0.1) is 13.1 Å². The molecule has 7 heteroatoms. The van der Waals surface area contributed by atoms with E-state index >= 15 is 0 Å². The maximum Gasteiger partial charge on any atom is 0.330 e. The predicted molar refractivity (Wildman–Crippen MR) is 111 cm³/mol. The van der Waals surface area contributed by atoms with Crippen LogP contribution in [0.25, 0.3) is 0 Å². The zero-order chi connectivity index (χ0) is 19.9. The Labute approximate surface area is 163 Å². The zero-order valence-electron chi connectivity index (χ0n) is 15.8. The second kappa shape index (κ2) is 8.94. The van der Waals surface area contributed by atoms with Gasteiger partial charge in [0, 0.05) is 6.54 Å². The van der Waals surface area contributed by atoms with E-state index in [2.05, 4.69) is 4.98 Å². The molecular weight excluding hydrogens is 356 g/mol. The summed E-state index contributed by atoms with van der Waals surface area (Å²) in [6.45, 7) is 3.60. The van der Waals surface area contributed by atoms with Gasteiger partial charge in [0.2, 0.25) is 0 Å². The number of aromatic amines is 1. The summed E-state index contributed by atoms with van der Waals surface area (Å²) in [7, 11) is 0. The number of anilines is 2. The number of benzene rings is 2. The van der Waals surface area contributed by atoms with Crippen LogP contribution in [0.5, 0.6) is 5.75 Å². The van der Waals surface area contributed by atoms with Gasteiger partial charge in [0.15, 0.2) is 0 Å². The Balaban J connectivity index is 1.83. The lowest BCUT2D eigenvalue weighted by atomic mass is 10.2. The van der Waals surface area contributed by atoms with E-state index in [9.17, 15) is 9.59 Å². The molecule has 0 amide bonds. The molecule has 28 heavy (non-hydrogen) atoms. The monoisotopic (exact) mass is 380 g/mol. The van der Waals surface area contributed by atoms with Crippen molar-refractivity contribution in [3.8, 4) is 5.75 Å². The first-order valence-electron chi connectivity index (χ1n) is 9.19. The molecule has 146 valence electrons. The molecule has 0 aliphatic heterocycles. The highest BCUT2D eigenvalue weighted by Gasteiger charge is 2.18. The Morgan fingerprint density at radius 2 is 1.68 bits per heavy atom. The second-order valence-corrected chi connectivity index (χ2v) is 6.31. The summed E-state index contributed by atoms with van der Waals surface area (Å²) in [5, 5.41) is 0. The van der Waals surface area contributed by atoms with E-state index in [1.807, 2.05) is 72.5 Å². The number of nitrogens with zero attached hydrogens (tertiary/aromatic N) is 2. The summed E-state index contributed by atoms with van der Waals surface area (Å²) >= 11 is 0. The number of nitrogens with one attached hydrogen (secondary N) is 1. The van der Waals surface area contributed by atoms with Crippen LogP contribution in [-0.2, 0) is 6.54 Å². The highest BCUT2D eigenvalue weighted by atomic mass is 16.5. The molecule has 7 nitrogen and oxygen atoms in total. The van der Waals surface area contributed by atoms with Crippen LogP contribution >= 0.6 is 0 Å². The number of ether oxygens (including phenoxy) is 1. The molecule has 0 atom stereocenters. The van der Waals surface area contributed by atoms with Crippen LogP contribution in [0.15, 0.2) is 70.3 Å². The van der Waals surface area contributed by atoms with E-state index in [1.165, 1.54) is 4.57 Å². The van der Waals surface area contributed by atoms with E-state index < -0.39 is 11.2 Å². The van der Waals surface area contributed by atoms with E-state index in [1.54, 1.807) is 0 Å². The van der Waals surface area contributed by atoms with Crippen molar-refractivity contribution in [2.75, 3.05) is 30.3 Å². The van der Waals surface area contributed by atoms with E-state index in [0.29, 0.717) is 19.7 Å². The van der Waals surface area contributed by atoms with Gasteiger partial charge < -0.3 is 15.4 Å². The van der Waals surface area contributed by atoms with Crippen LogP contribution in [0.3, 0.4) is 0 Å². The van der Waals surface area contributed by atoms with Crippen molar-refractivity contribution in [1.82, 2.24) is 9.55 Å². The first kappa shape index (κ1) is 19.3. The molecule has 2 aromatic carbocycles. The number of nitrogens with two attached hydrogens (primary N) is 1. The first-order valence-corrected chi connectivity index (χ1v) is 9.19. The molecule has 3 aromatic rings. The van der Waals surface area contributed by atoms with Crippen molar-refractivity contribution < 1.29 is 4.74 Å². The van der Waals surface area contributed by atoms with Crippen molar-refractivity contribution in [2.24, 2.45) is 0 Å². The fourth-order valence-electron chi connectivity index (χ4n) is 3.02. The van der Waals surface area contributed by atoms with Gasteiger partial charge in [-0.1, -0.05) is 48.5 Å². The smallest absolute Gasteiger partial charge is 0.330 e.